The third-order valence-corrected chi connectivity index (χ3v) is 2.55. The first-order valence-corrected chi connectivity index (χ1v) is 5.08. The van der Waals surface area contributed by atoms with Crippen LogP contribution in [-0.2, 0) is 4.79 Å². The molecule has 1 saturated heterocycles. The van der Waals surface area contributed by atoms with Crippen LogP contribution in [-0.4, -0.2) is 43.0 Å². The van der Waals surface area contributed by atoms with Gasteiger partial charge in [0.1, 0.15) is 0 Å². The summed E-state index contributed by atoms with van der Waals surface area (Å²) in [6, 6.07) is 0.474. The number of primary amides is 1. The molecule has 4 nitrogen and oxygen atoms in total. The highest BCUT2D eigenvalue weighted by Crippen LogP contribution is 2.10. The predicted molar refractivity (Wildman–Crippen MR) is 56.9 cm³/mol. The van der Waals surface area contributed by atoms with Gasteiger partial charge in [0, 0.05) is 12.6 Å². The van der Waals surface area contributed by atoms with Crippen LogP contribution >= 0.6 is 0 Å². The minimum atomic E-state index is -0.259. The molecule has 0 atom stereocenters. The monoisotopic (exact) mass is 197 g/mol. The summed E-state index contributed by atoms with van der Waals surface area (Å²) in [5.41, 5.74) is 5.20. The average Bonchev–Trinajstić information content (AvgIpc) is 2.18. The molecule has 1 aliphatic rings. The summed E-state index contributed by atoms with van der Waals surface area (Å²) in [7, 11) is 0. The number of piperidine rings is 1. The summed E-state index contributed by atoms with van der Waals surface area (Å²) < 4.78 is 0. The van der Waals surface area contributed by atoms with E-state index in [9.17, 15) is 4.79 Å². The average molecular weight is 197 g/mol. The van der Waals surface area contributed by atoms with Crippen LogP contribution in [0.15, 0.2) is 12.7 Å². The van der Waals surface area contributed by atoms with E-state index in [2.05, 4.69) is 16.8 Å². The molecule has 0 saturated carbocycles. The molecular formula is C10H19N3O. The number of carbonyl (C=O) groups excluding carboxylic acids is 1. The molecule has 0 aromatic rings. The lowest BCUT2D eigenvalue weighted by atomic mass is 10.0. The Morgan fingerprint density at radius 2 is 2.21 bits per heavy atom. The Morgan fingerprint density at radius 1 is 1.57 bits per heavy atom. The van der Waals surface area contributed by atoms with Crippen LogP contribution in [0.2, 0.25) is 0 Å². The number of rotatable bonds is 5. The van der Waals surface area contributed by atoms with Crippen LogP contribution in [0.1, 0.15) is 12.8 Å². The second-order valence-corrected chi connectivity index (χ2v) is 3.67. The molecule has 4 heteroatoms. The van der Waals surface area contributed by atoms with Crippen LogP contribution in [0.3, 0.4) is 0 Å². The van der Waals surface area contributed by atoms with Crippen molar-refractivity contribution in [2.45, 2.75) is 18.9 Å². The zero-order chi connectivity index (χ0) is 10.4. The Balaban J connectivity index is 2.46. The van der Waals surface area contributed by atoms with Crippen LogP contribution in [0.4, 0.5) is 0 Å². The Labute approximate surface area is 85.1 Å². The smallest absolute Gasteiger partial charge is 0.231 e. The molecule has 0 unspecified atom stereocenters. The van der Waals surface area contributed by atoms with Crippen LogP contribution in [0.5, 0.6) is 0 Å². The number of hydrogen-bond donors (Lipinski definition) is 2. The van der Waals surface area contributed by atoms with Gasteiger partial charge in [-0.25, -0.2) is 0 Å². The number of carbonyl (C=O) groups is 1. The third-order valence-electron chi connectivity index (χ3n) is 2.55. The van der Waals surface area contributed by atoms with Crippen molar-refractivity contribution < 1.29 is 4.79 Å². The summed E-state index contributed by atoms with van der Waals surface area (Å²) in [6.07, 6.45) is 3.99. The largest absolute Gasteiger partial charge is 0.369 e. The van der Waals surface area contributed by atoms with E-state index in [0.717, 1.165) is 32.5 Å². The minimum Gasteiger partial charge on any atom is -0.369 e. The molecule has 1 heterocycles. The van der Waals surface area contributed by atoms with Crippen LogP contribution in [0, 0.1) is 0 Å². The molecule has 1 amide bonds. The Kier molecular flexibility index (Phi) is 4.62. The summed E-state index contributed by atoms with van der Waals surface area (Å²) in [5.74, 6) is -0.259. The van der Waals surface area contributed by atoms with Gasteiger partial charge in [0.15, 0.2) is 0 Å². The van der Waals surface area contributed by atoms with Crippen molar-refractivity contribution >= 4 is 5.91 Å². The summed E-state index contributed by atoms with van der Waals surface area (Å²) in [5, 5.41) is 3.30. The van der Waals surface area contributed by atoms with E-state index in [1.807, 2.05) is 6.08 Å². The number of nitrogens with zero attached hydrogens (tertiary/aromatic N) is 1. The van der Waals surface area contributed by atoms with Gasteiger partial charge in [-0.05, 0) is 25.9 Å². The number of nitrogens with one attached hydrogen (secondary N) is 1. The van der Waals surface area contributed by atoms with E-state index in [0.29, 0.717) is 12.6 Å². The molecule has 0 bridgehead atoms. The molecule has 1 fully saturated rings. The number of nitrogens with two attached hydrogens (primary N) is 1. The second-order valence-electron chi connectivity index (χ2n) is 3.67. The summed E-state index contributed by atoms with van der Waals surface area (Å²) in [4.78, 5) is 13.0. The summed E-state index contributed by atoms with van der Waals surface area (Å²) >= 11 is 0. The topological polar surface area (TPSA) is 58.4 Å². The molecule has 14 heavy (non-hydrogen) atoms. The van der Waals surface area contributed by atoms with Gasteiger partial charge in [0.25, 0.3) is 0 Å². The molecular weight excluding hydrogens is 178 g/mol. The predicted octanol–water partition coefficient (Wildman–Crippen LogP) is -0.288. The second kappa shape index (κ2) is 5.78. The molecule has 3 N–H and O–H groups in total. The molecule has 0 radical (unpaired) electrons. The molecule has 1 aliphatic heterocycles. The first-order chi connectivity index (χ1) is 6.74. The van der Waals surface area contributed by atoms with Crippen molar-refractivity contribution in [1.29, 1.82) is 0 Å². The molecule has 0 aromatic heterocycles. The number of amides is 1. The van der Waals surface area contributed by atoms with Crippen LogP contribution in [0.25, 0.3) is 0 Å². The van der Waals surface area contributed by atoms with E-state index in [4.69, 9.17) is 5.73 Å². The normalized spacial score (nSPS) is 18.4. The first-order valence-electron chi connectivity index (χ1n) is 5.08. The van der Waals surface area contributed by atoms with Gasteiger partial charge in [0.05, 0.1) is 6.54 Å². The lowest BCUT2D eigenvalue weighted by molar-refractivity contribution is -0.119. The highest BCUT2D eigenvalue weighted by molar-refractivity contribution is 5.76. The van der Waals surface area contributed by atoms with Gasteiger partial charge in [-0.1, -0.05) is 6.08 Å². The van der Waals surface area contributed by atoms with E-state index in [-0.39, 0.29) is 5.91 Å². The van der Waals surface area contributed by atoms with Gasteiger partial charge >= 0.3 is 0 Å². The fraction of sp³-hybridized carbons (Fsp3) is 0.700. The van der Waals surface area contributed by atoms with E-state index >= 15 is 0 Å². The van der Waals surface area contributed by atoms with Gasteiger partial charge in [-0.3, -0.25) is 9.69 Å². The molecule has 0 aliphatic carbocycles. The zero-order valence-electron chi connectivity index (χ0n) is 8.54. The highest BCUT2D eigenvalue weighted by atomic mass is 16.1. The van der Waals surface area contributed by atoms with Gasteiger partial charge in [-0.15, -0.1) is 6.58 Å². The fourth-order valence-electron chi connectivity index (χ4n) is 1.88. The SMILES string of the molecule is C=CCN(CC(N)=O)C1CCNCC1. The van der Waals surface area contributed by atoms with E-state index in [1.54, 1.807) is 0 Å². The van der Waals surface area contributed by atoms with E-state index < -0.39 is 0 Å². The van der Waals surface area contributed by atoms with Gasteiger partial charge in [-0.2, -0.15) is 0 Å². The minimum absolute atomic E-state index is 0.259. The fourth-order valence-corrected chi connectivity index (χ4v) is 1.88. The first kappa shape index (κ1) is 11.2. The van der Waals surface area contributed by atoms with Crippen molar-refractivity contribution in [3.63, 3.8) is 0 Å². The van der Waals surface area contributed by atoms with Crippen molar-refractivity contribution in [1.82, 2.24) is 10.2 Å². The van der Waals surface area contributed by atoms with Crippen molar-refractivity contribution in [2.75, 3.05) is 26.2 Å². The molecule has 80 valence electrons. The maximum Gasteiger partial charge on any atom is 0.231 e. The molecule has 1 rings (SSSR count). The van der Waals surface area contributed by atoms with Crippen LogP contribution < -0.4 is 11.1 Å². The Morgan fingerprint density at radius 3 is 2.71 bits per heavy atom. The van der Waals surface area contributed by atoms with Gasteiger partial charge in [0.2, 0.25) is 5.91 Å². The maximum atomic E-state index is 10.9. The Bertz CT molecular complexity index is 200. The van der Waals surface area contributed by atoms with Crippen molar-refractivity contribution in [2.24, 2.45) is 5.73 Å². The standard InChI is InChI=1S/C10H19N3O/c1-2-7-13(8-10(11)14)9-3-5-12-6-4-9/h2,9,12H,1,3-8H2,(H2,11,14). The van der Waals surface area contributed by atoms with Gasteiger partial charge < -0.3 is 11.1 Å². The van der Waals surface area contributed by atoms with Crippen molar-refractivity contribution in [3.8, 4) is 0 Å². The lowest BCUT2D eigenvalue weighted by Gasteiger charge is -2.32. The quantitative estimate of drug-likeness (QED) is 0.596. The summed E-state index contributed by atoms with van der Waals surface area (Å²) in [6.45, 7) is 6.83. The third kappa shape index (κ3) is 3.47. The highest BCUT2D eigenvalue weighted by Gasteiger charge is 2.20. The number of hydrogen-bond acceptors (Lipinski definition) is 3. The van der Waals surface area contributed by atoms with E-state index in [1.165, 1.54) is 0 Å². The zero-order valence-corrected chi connectivity index (χ0v) is 8.54. The van der Waals surface area contributed by atoms with Crippen molar-refractivity contribution in [3.05, 3.63) is 12.7 Å². The molecule has 0 aromatic carbocycles. The Hall–Kier alpha value is -0.870. The molecule has 0 spiro atoms. The lowest BCUT2D eigenvalue weighted by Crippen LogP contribution is -2.46. The maximum absolute atomic E-state index is 10.9.